The normalized spacial score (nSPS) is 11.9. The van der Waals surface area contributed by atoms with Crippen molar-refractivity contribution in [1.29, 1.82) is 0 Å². The molecule has 2 N–H and O–H groups in total. The highest BCUT2D eigenvalue weighted by Gasteiger charge is 2.41. The number of hydroxylamine groups is 1. The van der Waals surface area contributed by atoms with Crippen LogP contribution in [0.15, 0.2) is 254 Å². The second-order valence-corrected chi connectivity index (χ2v) is 16.9. The number of carbonyl (C=O) groups is 1. The molecule has 70 heavy (non-hydrogen) atoms. The third kappa shape index (κ3) is 8.64. The van der Waals surface area contributed by atoms with Gasteiger partial charge in [-0.3, -0.25) is 9.40 Å². The van der Waals surface area contributed by atoms with E-state index in [1.165, 1.54) is 0 Å². The Kier molecular flexibility index (Phi) is 13.0. The van der Waals surface area contributed by atoms with E-state index in [1.54, 1.807) is 12.1 Å². The van der Waals surface area contributed by atoms with Gasteiger partial charge in [0.05, 0.1) is 29.7 Å². The van der Waals surface area contributed by atoms with E-state index >= 15 is 0 Å². The van der Waals surface area contributed by atoms with Crippen molar-refractivity contribution in [2.45, 2.75) is 24.6 Å². The summed E-state index contributed by atoms with van der Waals surface area (Å²) in [4.78, 5) is 30.6. The van der Waals surface area contributed by atoms with Crippen LogP contribution in [0.25, 0.3) is 22.2 Å². The van der Waals surface area contributed by atoms with Crippen molar-refractivity contribution < 1.29 is 19.5 Å². The Hall–Kier alpha value is -8.85. The molecule has 0 aliphatic carbocycles. The van der Waals surface area contributed by atoms with Gasteiger partial charge in [-0.15, -0.1) is 0 Å². The highest BCUT2D eigenvalue weighted by Crippen LogP contribution is 2.43. The number of aliphatic imine (C=N–C) groups is 1. The fraction of sp³-hybridized carbons (Fsp3) is 0.0806. The molecule has 342 valence electrons. The molecule has 0 saturated heterocycles. The van der Waals surface area contributed by atoms with Crippen molar-refractivity contribution in [3.05, 3.63) is 299 Å². The number of carboxylic acid groups (broad SMARTS) is 1. The number of rotatable bonds is 16. The van der Waals surface area contributed by atoms with E-state index in [1.807, 2.05) is 102 Å². The van der Waals surface area contributed by atoms with Crippen LogP contribution in [0.2, 0.25) is 0 Å². The van der Waals surface area contributed by atoms with E-state index < -0.39 is 17.1 Å². The molecule has 1 heterocycles. The number of para-hydroxylation sites is 1. The predicted octanol–water partition coefficient (Wildman–Crippen LogP) is 13.1. The van der Waals surface area contributed by atoms with Gasteiger partial charge < -0.3 is 9.84 Å². The molecule has 0 bridgehead atoms. The molecule has 0 spiro atoms. The number of aromatic nitrogens is 2. The summed E-state index contributed by atoms with van der Waals surface area (Å²) in [5.41, 5.74) is 11.9. The van der Waals surface area contributed by atoms with Gasteiger partial charge in [-0.2, -0.15) is 4.98 Å². The van der Waals surface area contributed by atoms with E-state index in [0.29, 0.717) is 36.0 Å². The van der Waals surface area contributed by atoms with Crippen molar-refractivity contribution >= 4 is 22.8 Å². The molecule has 1 aromatic heterocycles. The minimum Gasteiger partial charge on any atom is -0.478 e. The lowest BCUT2D eigenvalue weighted by molar-refractivity contribution is -0.0286. The fourth-order valence-electron chi connectivity index (χ4n) is 9.49. The number of nitrogens with zero attached hydrogens (tertiary/aromatic N) is 3. The minimum atomic E-state index is -1.14. The summed E-state index contributed by atoms with van der Waals surface area (Å²) < 4.78 is 7.80. The molecule has 0 aliphatic heterocycles. The summed E-state index contributed by atoms with van der Waals surface area (Å²) in [5.74, 6) is -0.531. The van der Waals surface area contributed by atoms with Crippen molar-refractivity contribution in [1.82, 2.24) is 15.0 Å². The quantitative estimate of drug-likeness (QED) is 0.0434. The van der Waals surface area contributed by atoms with Gasteiger partial charge in [0.1, 0.15) is 5.54 Å². The van der Waals surface area contributed by atoms with Crippen LogP contribution in [0, 0.1) is 0 Å². The number of aromatic carboxylic acids is 1. The largest absolute Gasteiger partial charge is 0.478 e. The van der Waals surface area contributed by atoms with Gasteiger partial charge in [-0.05, 0) is 69.1 Å². The van der Waals surface area contributed by atoms with E-state index in [4.69, 9.17) is 14.6 Å². The summed E-state index contributed by atoms with van der Waals surface area (Å²) in [5, 5.41) is 10.2. The third-order valence-electron chi connectivity index (χ3n) is 12.7. The first-order chi connectivity index (χ1) is 34.5. The number of carboxylic acids is 1. The summed E-state index contributed by atoms with van der Waals surface area (Å²) in [6.45, 7) is 2.61. The lowest BCUT2D eigenvalue weighted by Crippen LogP contribution is -2.42. The van der Waals surface area contributed by atoms with Crippen LogP contribution in [0.1, 0.15) is 61.8 Å². The number of imidazole rings is 1. The van der Waals surface area contributed by atoms with Crippen LogP contribution in [0.5, 0.6) is 6.01 Å². The first kappa shape index (κ1) is 45.0. The zero-order valence-corrected chi connectivity index (χ0v) is 38.6. The van der Waals surface area contributed by atoms with Gasteiger partial charge in [0.25, 0.3) is 6.01 Å². The molecule has 0 amide bonds. The van der Waals surface area contributed by atoms with Crippen LogP contribution in [-0.4, -0.2) is 33.1 Å². The maximum atomic E-state index is 12.4. The maximum absolute atomic E-state index is 12.4. The molecule has 0 unspecified atom stereocenters. The van der Waals surface area contributed by atoms with E-state index in [-0.39, 0.29) is 5.56 Å². The molecular formula is C62H50N4O4. The number of hydrogen-bond donors (Lipinski definition) is 2. The number of fused-ring (bicyclic) bond motifs is 1. The fourth-order valence-corrected chi connectivity index (χ4v) is 9.49. The number of ether oxygens (including phenoxy) is 1. The van der Waals surface area contributed by atoms with Crippen molar-refractivity contribution in [2.75, 3.05) is 6.61 Å². The van der Waals surface area contributed by atoms with Crippen LogP contribution in [0.3, 0.4) is 0 Å². The average molecular weight is 915 g/mol. The molecule has 0 saturated carbocycles. The molecule has 9 aromatic carbocycles. The maximum Gasteiger partial charge on any atom is 0.337 e. The van der Waals surface area contributed by atoms with Crippen molar-refractivity contribution in [2.24, 2.45) is 4.99 Å². The Morgan fingerprint density at radius 1 is 0.543 bits per heavy atom. The zero-order valence-electron chi connectivity index (χ0n) is 38.6. The van der Waals surface area contributed by atoms with Gasteiger partial charge in [0.15, 0.2) is 11.4 Å². The molecule has 0 fully saturated rings. The summed E-state index contributed by atoms with van der Waals surface area (Å²) in [6.07, 6.45) is 0. The van der Waals surface area contributed by atoms with Gasteiger partial charge in [-0.25, -0.2) is 15.3 Å². The van der Waals surface area contributed by atoms with Crippen LogP contribution < -0.4 is 10.2 Å². The average Bonchev–Trinajstić information content (AvgIpc) is 3.78. The number of nitrogens with one attached hydrogen (secondary N) is 1. The monoisotopic (exact) mass is 914 g/mol. The summed E-state index contributed by atoms with van der Waals surface area (Å²) >= 11 is 0. The van der Waals surface area contributed by atoms with Crippen molar-refractivity contribution in [3.8, 4) is 17.1 Å². The second-order valence-electron chi connectivity index (χ2n) is 16.9. The molecule has 0 aliphatic rings. The van der Waals surface area contributed by atoms with Crippen LogP contribution in [0.4, 0.5) is 0 Å². The standard InChI is InChI=1S/C62H50N4O4/c1-2-69-60-63-56-39-23-38-55(59(67)68)57(56)66(60)44-45-40-42-46(43-41-45)53-36-21-22-37-54(53)58(64-61(47-24-9-3-10-25-47,48-26-11-4-12-27-48)49-28-13-5-14-29-49)65-70-62(50-30-15-6-16-31-50,51-32-17-7-18-33-51)52-34-19-8-20-35-52/h3-43H,2,44H2,1H3,(H,64,65)(H,67,68). The Labute approximate surface area is 407 Å². The second kappa shape index (κ2) is 20.2. The molecule has 0 radical (unpaired) electrons. The Morgan fingerprint density at radius 3 is 1.46 bits per heavy atom. The highest BCUT2D eigenvalue weighted by molar-refractivity contribution is 6.05. The van der Waals surface area contributed by atoms with E-state index in [9.17, 15) is 9.90 Å². The molecule has 10 aromatic rings. The van der Waals surface area contributed by atoms with E-state index in [0.717, 1.165) is 55.6 Å². The number of hydrogen-bond acceptors (Lipinski definition) is 5. The molecular weight excluding hydrogens is 865 g/mol. The molecule has 8 nitrogen and oxygen atoms in total. The Bertz CT molecular complexity index is 3170. The lowest BCUT2D eigenvalue weighted by atomic mass is 9.77. The Morgan fingerprint density at radius 2 is 0.986 bits per heavy atom. The third-order valence-corrected chi connectivity index (χ3v) is 12.7. The Balaban J connectivity index is 1.17. The topological polar surface area (TPSA) is 98.0 Å². The van der Waals surface area contributed by atoms with Crippen LogP contribution in [-0.2, 0) is 22.5 Å². The number of amidine groups is 1. The number of benzene rings is 9. The molecule has 0 atom stereocenters. The predicted molar refractivity (Wildman–Crippen MR) is 278 cm³/mol. The van der Waals surface area contributed by atoms with Crippen LogP contribution >= 0.6 is 0 Å². The molecule has 10 rings (SSSR count). The smallest absolute Gasteiger partial charge is 0.337 e. The van der Waals surface area contributed by atoms with Gasteiger partial charge in [-0.1, -0.05) is 237 Å². The summed E-state index contributed by atoms with van der Waals surface area (Å²) in [7, 11) is 0. The zero-order chi connectivity index (χ0) is 47.8. The van der Waals surface area contributed by atoms with Crippen molar-refractivity contribution in [3.63, 3.8) is 0 Å². The minimum absolute atomic E-state index is 0.163. The van der Waals surface area contributed by atoms with Gasteiger partial charge in [0, 0.05) is 5.56 Å². The molecule has 8 heteroatoms. The van der Waals surface area contributed by atoms with E-state index in [2.05, 4.69) is 156 Å². The van der Waals surface area contributed by atoms with Gasteiger partial charge >= 0.3 is 5.97 Å². The first-order valence-electron chi connectivity index (χ1n) is 23.4. The lowest BCUT2D eigenvalue weighted by Gasteiger charge is -2.37. The summed E-state index contributed by atoms with van der Waals surface area (Å²) in [6, 6.07) is 84.1. The highest BCUT2D eigenvalue weighted by atomic mass is 16.7. The van der Waals surface area contributed by atoms with Gasteiger partial charge in [0.2, 0.25) is 0 Å². The first-order valence-corrected chi connectivity index (χ1v) is 23.4. The SMILES string of the molecule is CCOc1nc2cccc(C(=O)O)c2n1Cc1ccc(-c2ccccc2C(=NC(c2ccccc2)(c2ccccc2)c2ccccc2)NOC(c2ccccc2)(c2ccccc2)c2ccccc2)cc1.